The van der Waals surface area contributed by atoms with Gasteiger partial charge in [-0.25, -0.2) is 8.42 Å². The van der Waals surface area contributed by atoms with Gasteiger partial charge in [0.15, 0.2) is 0 Å². The van der Waals surface area contributed by atoms with Crippen molar-refractivity contribution in [2.24, 2.45) is 0 Å². The second-order valence-electron chi connectivity index (χ2n) is 7.59. The normalized spacial score (nSPS) is 12.2. The third kappa shape index (κ3) is 7.09. The Hall–Kier alpha value is -2.29. The van der Waals surface area contributed by atoms with Gasteiger partial charge in [0.1, 0.15) is 12.6 Å². The Morgan fingerprint density at radius 1 is 1.06 bits per heavy atom. The molecule has 2 aromatic rings. The molecule has 0 bridgehead atoms. The number of carbonyl (C=O) groups excluding carboxylic acids is 2. The van der Waals surface area contributed by atoms with Crippen molar-refractivity contribution in [2.45, 2.75) is 39.8 Å². The summed E-state index contributed by atoms with van der Waals surface area (Å²) in [7, 11) is -3.77. The molecule has 2 rings (SSSR count). The molecule has 0 spiro atoms. The van der Waals surface area contributed by atoms with Crippen LogP contribution in [0.1, 0.15) is 31.9 Å². The quantitative estimate of drug-likeness (QED) is 0.522. The molecule has 0 unspecified atom stereocenters. The topological polar surface area (TPSA) is 86.8 Å². The fourth-order valence-electron chi connectivity index (χ4n) is 3.39. The first-order valence-corrected chi connectivity index (χ1v) is 13.2. The summed E-state index contributed by atoms with van der Waals surface area (Å²) in [6.07, 6.45) is 1.65. The Morgan fingerprint density at radius 3 is 2.30 bits per heavy atom. The van der Waals surface area contributed by atoms with Gasteiger partial charge in [0.2, 0.25) is 21.8 Å². The van der Waals surface area contributed by atoms with Crippen LogP contribution in [0, 0.1) is 0 Å². The van der Waals surface area contributed by atoms with Crippen LogP contribution in [0.25, 0.3) is 0 Å². The molecular weight excluding hydrogens is 485 g/mol. The Labute approximate surface area is 205 Å². The molecule has 0 saturated carbocycles. The van der Waals surface area contributed by atoms with Crippen LogP contribution in [-0.4, -0.2) is 50.5 Å². The van der Waals surface area contributed by atoms with Crippen LogP contribution >= 0.6 is 23.2 Å². The molecule has 0 fully saturated rings. The number of hydrogen-bond donors (Lipinski definition) is 1. The molecule has 0 radical (unpaired) electrons. The van der Waals surface area contributed by atoms with Gasteiger partial charge in [0.25, 0.3) is 0 Å². The van der Waals surface area contributed by atoms with Gasteiger partial charge in [-0.2, -0.15) is 0 Å². The van der Waals surface area contributed by atoms with Crippen LogP contribution in [0.15, 0.2) is 42.5 Å². The van der Waals surface area contributed by atoms with Gasteiger partial charge in [0.05, 0.1) is 22.0 Å². The minimum absolute atomic E-state index is 0.0566. The van der Waals surface area contributed by atoms with E-state index in [9.17, 15) is 18.0 Å². The van der Waals surface area contributed by atoms with E-state index in [4.69, 9.17) is 23.2 Å². The fourth-order valence-corrected chi connectivity index (χ4v) is 4.59. The number of benzene rings is 2. The van der Waals surface area contributed by atoms with Crippen molar-refractivity contribution in [3.8, 4) is 0 Å². The number of likely N-dealkylation sites (N-methyl/N-ethyl adjacent to an activating group) is 1. The van der Waals surface area contributed by atoms with E-state index in [-0.39, 0.29) is 12.5 Å². The Bertz CT molecular complexity index is 1110. The Balaban J connectivity index is 2.44. The van der Waals surface area contributed by atoms with E-state index in [1.807, 2.05) is 19.1 Å². The molecular formula is C23H29Cl2N3O4S. The minimum atomic E-state index is -3.77. The lowest BCUT2D eigenvalue weighted by Crippen LogP contribution is -2.51. The smallest absolute Gasteiger partial charge is 0.244 e. The number of amides is 2. The number of halogens is 2. The number of para-hydroxylation sites is 1. The number of rotatable bonds is 10. The highest BCUT2D eigenvalue weighted by Crippen LogP contribution is 2.26. The van der Waals surface area contributed by atoms with Gasteiger partial charge in [-0.15, -0.1) is 0 Å². The largest absolute Gasteiger partial charge is 0.355 e. The molecule has 1 N–H and O–H groups in total. The number of nitrogens with zero attached hydrogens (tertiary/aromatic N) is 2. The molecule has 33 heavy (non-hydrogen) atoms. The van der Waals surface area contributed by atoms with Crippen molar-refractivity contribution < 1.29 is 18.0 Å². The number of sulfonamides is 1. The maximum Gasteiger partial charge on any atom is 0.244 e. The summed E-state index contributed by atoms with van der Waals surface area (Å²) in [6, 6.07) is 11.1. The number of aryl methyl sites for hydroxylation is 1. The van der Waals surface area contributed by atoms with E-state index in [0.717, 1.165) is 16.1 Å². The summed E-state index contributed by atoms with van der Waals surface area (Å²) in [5, 5.41) is 3.40. The van der Waals surface area contributed by atoms with Crippen molar-refractivity contribution in [3.63, 3.8) is 0 Å². The first-order chi connectivity index (χ1) is 15.5. The molecule has 0 aliphatic heterocycles. The summed E-state index contributed by atoms with van der Waals surface area (Å²) in [4.78, 5) is 27.4. The highest BCUT2D eigenvalue weighted by atomic mass is 35.5. The van der Waals surface area contributed by atoms with E-state index in [2.05, 4.69) is 5.32 Å². The lowest BCUT2D eigenvalue weighted by atomic mass is 10.1. The summed E-state index contributed by atoms with van der Waals surface area (Å²) in [6.45, 7) is 5.31. The predicted molar refractivity (Wildman–Crippen MR) is 133 cm³/mol. The number of hydrogen-bond acceptors (Lipinski definition) is 4. The average Bonchev–Trinajstić information content (AvgIpc) is 2.76. The molecule has 0 saturated heterocycles. The SMILES string of the molecule is CCNC(=O)[C@@H](C)N(Cc1ccc(Cl)c(Cl)c1)C(=O)CN(c1ccccc1CC)S(C)(=O)=O. The predicted octanol–water partition coefficient (Wildman–Crippen LogP) is 3.88. The summed E-state index contributed by atoms with van der Waals surface area (Å²) in [5.41, 5.74) is 1.90. The van der Waals surface area contributed by atoms with Gasteiger partial charge in [-0.1, -0.05) is 54.4 Å². The van der Waals surface area contributed by atoms with E-state index < -0.39 is 28.5 Å². The number of nitrogens with one attached hydrogen (secondary N) is 1. The summed E-state index contributed by atoms with van der Waals surface area (Å²) >= 11 is 12.1. The van der Waals surface area contributed by atoms with E-state index in [1.54, 1.807) is 44.2 Å². The summed E-state index contributed by atoms with van der Waals surface area (Å²) < 4.78 is 26.4. The highest BCUT2D eigenvalue weighted by Gasteiger charge is 2.30. The standard InChI is InChI=1S/C23H29Cl2N3O4S/c1-5-18-9-7-8-10-21(18)28(33(4,31)32)15-22(29)27(16(3)23(30)26-6-2)14-17-11-12-19(24)20(25)13-17/h7-13,16H,5-6,14-15H2,1-4H3,(H,26,30)/t16-/m1/s1. The monoisotopic (exact) mass is 513 g/mol. The van der Waals surface area contributed by atoms with Crippen molar-refractivity contribution in [3.05, 3.63) is 63.6 Å². The van der Waals surface area contributed by atoms with E-state index in [0.29, 0.717) is 34.3 Å². The van der Waals surface area contributed by atoms with Crippen LogP contribution in [0.2, 0.25) is 10.0 Å². The van der Waals surface area contributed by atoms with Gasteiger partial charge in [0, 0.05) is 13.1 Å². The van der Waals surface area contributed by atoms with Crippen molar-refractivity contribution >= 4 is 50.7 Å². The Kier molecular flexibility index (Phi) is 9.57. The highest BCUT2D eigenvalue weighted by molar-refractivity contribution is 7.92. The van der Waals surface area contributed by atoms with Gasteiger partial charge < -0.3 is 10.2 Å². The molecule has 0 aromatic heterocycles. The van der Waals surface area contributed by atoms with Gasteiger partial charge >= 0.3 is 0 Å². The number of anilines is 1. The van der Waals surface area contributed by atoms with Gasteiger partial charge in [-0.3, -0.25) is 13.9 Å². The molecule has 7 nitrogen and oxygen atoms in total. The van der Waals surface area contributed by atoms with Crippen LogP contribution < -0.4 is 9.62 Å². The average molecular weight is 514 g/mol. The maximum absolute atomic E-state index is 13.5. The van der Waals surface area contributed by atoms with Crippen molar-refractivity contribution in [1.29, 1.82) is 0 Å². The number of carbonyl (C=O) groups is 2. The molecule has 180 valence electrons. The lowest BCUT2D eigenvalue weighted by molar-refractivity contribution is -0.139. The van der Waals surface area contributed by atoms with Gasteiger partial charge in [-0.05, 0) is 49.6 Å². The molecule has 0 heterocycles. The van der Waals surface area contributed by atoms with Crippen LogP contribution in [0.3, 0.4) is 0 Å². The maximum atomic E-state index is 13.5. The second kappa shape index (κ2) is 11.7. The van der Waals surface area contributed by atoms with Crippen molar-refractivity contribution in [1.82, 2.24) is 10.2 Å². The molecule has 2 aromatic carbocycles. The minimum Gasteiger partial charge on any atom is -0.355 e. The second-order valence-corrected chi connectivity index (χ2v) is 10.3. The van der Waals surface area contributed by atoms with Crippen LogP contribution in [0.4, 0.5) is 5.69 Å². The van der Waals surface area contributed by atoms with Crippen LogP contribution in [-0.2, 0) is 32.6 Å². The zero-order chi connectivity index (χ0) is 24.8. The van der Waals surface area contributed by atoms with E-state index >= 15 is 0 Å². The third-order valence-corrected chi connectivity index (χ3v) is 7.04. The first kappa shape index (κ1) is 27.0. The lowest BCUT2D eigenvalue weighted by Gasteiger charge is -2.32. The molecule has 0 aliphatic rings. The van der Waals surface area contributed by atoms with Crippen molar-refractivity contribution in [2.75, 3.05) is 23.7 Å². The van der Waals surface area contributed by atoms with E-state index in [1.165, 1.54) is 4.90 Å². The van der Waals surface area contributed by atoms with Crippen LogP contribution in [0.5, 0.6) is 0 Å². The molecule has 1 atom stereocenters. The zero-order valence-corrected chi connectivity index (χ0v) is 21.5. The Morgan fingerprint density at radius 2 is 1.73 bits per heavy atom. The zero-order valence-electron chi connectivity index (χ0n) is 19.1. The fraction of sp³-hybridized carbons (Fsp3) is 0.391. The molecule has 0 aliphatic carbocycles. The summed E-state index contributed by atoms with van der Waals surface area (Å²) in [5.74, 6) is -0.859. The first-order valence-electron chi connectivity index (χ1n) is 10.6. The third-order valence-electron chi connectivity index (χ3n) is 5.18. The molecule has 2 amide bonds. The molecule has 10 heteroatoms.